The number of hydrogen-bond donors (Lipinski definition) is 2. The molecule has 1 aromatic rings. The van der Waals surface area contributed by atoms with Gasteiger partial charge in [0, 0.05) is 11.6 Å². The molecule has 2 heteroatoms. The van der Waals surface area contributed by atoms with Crippen LogP contribution in [0, 0.1) is 6.07 Å². The van der Waals surface area contributed by atoms with E-state index in [2.05, 4.69) is 6.07 Å². The van der Waals surface area contributed by atoms with E-state index in [1.807, 2.05) is 20.8 Å². The second kappa shape index (κ2) is 2.70. The first kappa shape index (κ1) is 8.91. The Labute approximate surface area is 72.5 Å². The van der Waals surface area contributed by atoms with E-state index in [4.69, 9.17) is 0 Å². The Balaban J connectivity index is 3.31. The molecule has 1 rings (SSSR count). The van der Waals surface area contributed by atoms with Gasteiger partial charge in [-0.1, -0.05) is 20.8 Å². The summed E-state index contributed by atoms with van der Waals surface area (Å²) in [5.41, 5.74) is 0.288. The van der Waals surface area contributed by atoms with Crippen molar-refractivity contribution in [3.8, 4) is 11.5 Å². The molecule has 0 spiro atoms. The molecule has 0 saturated carbocycles. The molecule has 65 valence electrons. The fourth-order valence-electron chi connectivity index (χ4n) is 1.22. The van der Waals surface area contributed by atoms with Crippen LogP contribution in [-0.2, 0) is 5.41 Å². The molecule has 0 aromatic heterocycles. The molecule has 0 aliphatic heterocycles. The molecule has 2 N–H and O–H groups in total. The smallest absolute Gasteiger partial charge is 0.130 e. The van der Waals surface area contributed by atoms with Crippen molar-refractivity contribution in [2.24, 2.45) is 0 Å². The predicted molar refractivity (Wildman–Crippen MR) is 47.3 cm³/mol. The zero-order valence-corrected chi connectivity index (χ0v) is 7.55. The van der Waals surface area contributed by atoms with E-state index in [1.165, 1.54) is 12.1 Å². The highest BCUT2D eigenvalue weighted by molar-refractivity contribution is 5.46. The van der Waals surface area contributed by atoms with Crippen molar-refractivity contribution in [1.82, 2.24) is 0 Å². The van der Waals surface area contributed by atoms with Gasteiger partial charge in [-0.05, 0) is 17.5 Å². The van der Waals surface area contributed by atoms with E-state index >= 15 is 0 Å². The maximum Gasteiger partial charge on any atom is 0.130 e. The molecule has 0 atom stereocenters. The summed E-state index contributed by atoms with van der Waals surface area (Å²) in [4.78, 5) is 0. The van der Waals surface area contributed by atoms with E-state index in [0.717, 1.165) is 0 Å². The fraction of sp³-hybridized carbons (Fsp3) is 0.400. The lowest BCUT2D eigenvalue weighted by Crippen LogP contribution is -2.11. The quantitative estimate of drug-likeness (QED) is 0.618. The second-order valence-corrected chi connectivity index (χ2v) is 3.84. The normalized spacial score (nSPS) is 11.6. The van der Waals surface area contributed by atoms with Crippen LogP contribution in [0.25, 0.3) is 0 Å². The highest BCUT2D eigenvalue weighted by atomic mass is 16.3. The largest absolute Gasteiger partial charge is 0.508 e. The Morgan fingerprint density at radius 1 is 1.25 bits per heavy atom. The summed E-state index contributed by atoms with van der Waals surface area (Å²) >= 11 is 0. The standard InChI is InChI=1S/C10H13O2/c1-10(2,3)9-7(11)5-4-6-8(9)12/h4-5,11-12H,1-3H3. The fourth-order valence-corrected chi connectivity index (χ4v) is 1.22. The molecular weight excluding hydrogens is 152 g/mol. The molecule has 1 radical (unpaired) electrons. The lowest BCUT2D eigenvalue weighted by molar-refractivity contribution is 0.410. The van der Waals surface area contributed by atoms with Gasteiger partial charge in [0.2, 0.25) is 0 Å². The van der Waals surface area contributed by atoms with Crippen LogP contribution in [0.5, 0.6) is 11.5 Å². The second-order valence-electron chi connectivity index (χ2n) is 3.84. The minimum Gasteiger partial charge on any atom is -0.508 e. The van der Waals surface area contributed by atoms with Crippen molar-refractivity contribution in [2.45, 2.75) is 26.2 Å². The summed E-state index contributed by atoms with van der Waals surface area (Å²) < 4.78 is 0. The number of aromatic hydroxyl groups is 2. The Morgan fingerprint density at radius 2 is 1.83 bits per heavy atom. The summed E-state index contributed by atoms with van der Waals surface area (Å²) in [5.74, 6) is 0.154. The molecule has 12 heavy (non-hydrogen) atoms. The molecule has 2 nitrogen and oxygen atoms in total. The van der Waals surface area contributed by atoms with E-state index in [-0.39, 0.29) is 16.9 Å². The molecular formula is C10H13O2. The van der Waals surface area contributed by atoms with Crippen LogP contribution < -0.4 is 0 Å². The third-order valence-electron chi connectivity index (χ3n) is 1.70. The van der Waals surface area contributed by atoms with Crippen molar-refractivity contribution in [2.75, 3.05) is 0 Å². The summed E-state index contributed by atoms with van der Waals surface area (Å²) in [5, 5.41) is 18.9. The first-order chi connectivity index (χ1) is 5.43. The zero-order chi connectivity index (χ0) is 9.35. The minimum absolute atomic E-state index is 0.0301. The maximum absolute atomic E-state index is 9.45. The summed E-state index contributed by atoms with van der Waals surface area (Å²) in [6.45, 7) is 5.78. The third kappa shape index (κ3) is 1.52. The van der Waals surface area contributed by atoms with Gasteiger partial charge in [-0.2, -0.15) is 0 Å². The highest BCUT2D eigenvalue weighted by Gasteiger charge is 2.21. The van der Waals surface area contributed by atoms with Gasteiger partial charge in [-0.25, -0.2) is 0 Å². The Kier molecular flexibility index (Phi) is 2.01. The molecule has 0 aliphatic rings. The average molecular weight is 165 g/mol. The summed E-state index contributed by atoms with van der Waals surface area (Å²) in [6.07, 6.45) is 0. The van der Waals surface area contributed by atoms with Crippen molar-refractivity contribution in [3.63, 3.8) is 0 Å². The SMILES string of the molecule is CC(C)(C)c1c(O)[c]ccc1O. The summed E-state index contributed by atoms with van der Waals surface area (Å²) in [6, 6.07) is 5.67. The monoisotopic (exact) mass is 165 g/mol. The van der Waals surface area contributed by atoms with Crippen molar-refractivity contribution >= 4 is 0 Å². The Hall–Kier alpha value is -1.18. The van der Waals surface area contributed by atoms with Crippen LogP contribution in [0.2, 0.25) is 0 Å². The molecule has 0 fully saturated rings. The topological polar surface area (TPSA) is 40.5 Å². The molecule has 0 unspecified atom stereocenters. The van der Waals surface area contributed by atoms with Gasteiger partial charge in [-0.3, -0.25) is 0 Å². The number of phenolic OH excluding ortho intramolecular Hbond substituents is 2. The maximum atomic E-state index is 9.45. The van der Waals surface area contributed by atoms with E-state index in [9.17, 15) is 10.2 Å². The van der Waals surface area contributed by atoms with Gasteiger partial charge in [0.05, 0.1) is 0 Å². The first-order valence-electron chi connectivity index (χ1n) is 3.86. The van der Waals surface area contributed by atoms with Gasteiger partial charge in [-0.15, -0.1) is 0 Å². The van der Waals surface area contributed by atoms with Crippen LogP contribution in [0.15, 0.2) is 12.1 Å². The van der Waals surface area contributed by atoms with Gasteiger partial charge in [0.25, 0.3) is 0 Å². The van der Waals surface area contributed by atoms with E-state index in [0.29, 0.717) is 5.56 Å². The lowest BCUT2D eigenvalue weighted by atomic mass is 9.85. The average Bonchev–Trinajstić information content (AvgIpc) is 1.82. The highest BCUT2D eigenvalue weighted by Crippen LogP contribution is 2.36. The van der Waals surface area contributed by atoms with Crippen LogP contribution in [-0.4, -0.2) is 10.2 Å². The van der Waals surface area contributed by atoms with E-state index in [1.54, 1.807) is 0 Å². The molecule has 1 aromatic carbocycles. The van der Waals surface area contributed by atoms with E-state index < -0.39 is 0 Å². The summed E-state index contributed by atoms with van der Waals surface area (Å²) in [7, 11) is 0. The van der Waals surface area contributed by atoms with Crippen LogP contribution in [0.3, 0.4) is 0 Å². The molecule has 0 saturated heterocycles. The van der Waals surface area contributed by atoms with Gasteiger partial charge in [0.15, 0.2) is 0 Å². The predicted octanol–water partition coefficient (Wildman–Crippen LogP) is 2.20. The number of rotatable bonds is 0. The third-order valence-corrected chi connectivity index (χ3v) is 1.70. The Bertz CT molecular complexity index is 264. The van der Waals surface area contributed by atoms with Crippen LogP contribution in [0.1, 0.15) is 26.3 Å². The zero-order valence-electron chi connectivity index (χ0n) is 7.55. The van der Waals surface area contributed by atoms with Crippen LogP contribution >= 0.6 is 0 Å². The van der Waals surface area contributed by atoms with Crippen molar-refractivity contribution in [1.29, 1.82) is 0 Å². The number of hydrogen-bond acceptors (Lipinski definition) is 2. The van der Waals surface area contributed by atoms with Crippen molar-refractivity contribution in [3.05, 3.63) is 23.8 Å². The number of benzene rings is 1. The molecule has 0 heterocycles. The first-order valence-corrected chi connectivity index (χ1v) is 3.86. The van der Waals surface area contributed by atoms with Gasteiger partial charge < -0.3 is 10.2 Å². The molecule has 0 aliphatic carbocycles. The van der Waals surface area contributed by atoms with Gasteiger partial charge in [0.1, 0.15) is 11.5 Å². The number of phenols is 2. The lowest BCUT2D eigenvalue weighted by Gasteiger charge is -2.20. The van der Waals surface area contributed by atoms with Gasteiger partial charge >= 0.3 is 0 Å². The minimum atomic E-state index is -0.258. The molecule has 0 bridgehead atoms. The van der Waals surface area contributed by atoms with Crippen LogP contribution in [0.4, 0.5) is 0 Å². The molecule has 0 amide bonds. The van der Waals surface area contributed by atoms with Crippen molar-refractivity contribution < 1.29 is 10.2 Å². The Morgan fingerprint density at radius 3 is 2.17 bits per heavy atom.